The maximum atomic E-state index is 12.5. The number of carbonyl (C=O) groups excluding carboxylic acids is 1. The van der Waals surface area contributed by atoms with Gasteiger partial charge in [-0.25, -0.2) is 8.42 Å². The van der Waals surface area contributed by atoms with Crippen molar-refractivity contribution in [2.75, 3.05) is 18.8 Å². The molecule has 0 aliphatic carbocycles. The van der Waals surface area contributed by atoms with Crippen LogP contribution in [0.3, 0.4) is 0 Å². The van der Waals surface area contributed by atoms with Gasteiger partial charge < -0.3 is 11.5 Å². The molecule has 1 saturated heterocycles. The number of amides is 1. The number of rotatable bonds is 3. The highest BCUT2D eigenvalue weighted by Crippen LogP contribution is 2.27. The Balaban J connectivity index is 2.24. The molecule has 1 aliphatic rings. The quantitative estimate of drug-likeness (QED) is 0.760. The van der Waals surface area contributed by atoms with Crippen molar-refractivity contribution >= 4 is 21.6 Å². The van der Waals surface area contributed by atoms with Crippen LogP contribution in [-0.2, 0) is 14.8 Å². The van der Waals surface area contributed by atoms with Gasteiger partial charge in [-0.05, 0) is 31.0 Å². The lowest BCUT2D eigenvalue weighted by atomic mass is 9.98. The molecule has 1 aliphatic heterocycles. The predicted molar refractivity (Wildman–Crippen MR) is 76.2 cm³/mol. The third-order valence-electron chi connectivity index (χ3n) is 3.61. The van der Waals surface area contributed by atoms with E-state index < -0.39 is 15.9 Å². The Bertz CT molecular complexity index is 701. The average Bonchev–Trinajstić information content (AvgIpc) is 2.46. The topological polar surface area (TPSA) is 130 Å². The molecule has 1 aromatic carbocycles. The summed E-state index contributed by atoms with van der Waals surface area (Å²) in [6.07, 6.45) is 0.815. The summed E-state index contributed by atoms with van der Waals surface area (Å²) in [5.74, 6) is -0.681. The number of nitrogen functional groups attached to an aromatic ring is 1. The van der Waals surface area contributed by atoms with E-state index in [-0.39, 0.29) is 29.6 Å². The van der Waals surface area contributed by atoms with Crippen LogP contribution in [0.15, 0.2) is 23.1 Å². The number of benzene rings is 1. The molecule has 0 aromatic heterocycles. The van der Waals surface area contributed by atoms with Crippen LogP contribution in [0.2, 0.25) is 0 Å². The first-order chi connectivity index (χ1) is 9.86. The molecule has 1 aromatic rings. The minimum atomic E-state index is -3.72. The first-order valence-corrected chi connectivity index (χ1v) is 7.89. The molecule has 1 amide bonds. The molecule has 0 spiro atoms. The van der Waals surface area contributed by atoms with E-state index >= 15 is 0 Å². The van der Waals surface area contributed by atoms with Crippen LogP contribution in [0.25, 0.3) is 0 Å². The van der Waals surface area contributed by atoms with Gasteiger partial charge in [0, 0.05) is 19.0 Å². The second-order valence-electron chi connectivity index (χ2n) is 4.95. The van der Waals surface area contributed by atoms with Crippen LogP contribution in [0.4, 0.5) is 5.69 Å². The molecule has 0 bridgehead atoms. The highest BCUT2D eigenvalue weighted by molar-refractivity contribution is 7.89. The van der Waals surface area contributed by atoms with Gasteiger partial charge in [0.2, 0.25) is 15.9 Å². The van der Waals surface area contributed by atoms with Gasteiger partial charge in [0.15, 0.2) is 0 Å². The molecule has 0 radical (unpaired) electrons. The molecule has 4 N–H and O–H groups in total. The van der Waals surface area contributed by atoms with Crippen molar-refractivity contribution in [2.24, 2.45) is 11.7 Å². The zero-order chi connectivity index (χ0) is 15.6. The third-order valence-corrected chi connectivity index (χ3v) is 5.59. The number of hydrogen-bond donors (Lipinski definition) is 2. The second kappa shape index (κ2) is 5.71. The minimum absolute atomic E-state index is 0.0148. The Morgan fingerprint density at radius 2 is 1.95 bits per heavy atom. The van der Waals surface area contributed by atoms with Crippen molar-refractivity contribution in [3.05, 3.63) is 23.8 Å². The number of sulfonamides is 1. The number of piperidine rings is 1. The predicted octanol–water partition coefficient (Wildman–Crippen LogP) is 0.0265. The number of anilines is 1. The largest absolute Gasteiger partial charge is 0.398 e. The van der Waals surface area contributed by atoms with Crippen LogP contribution in [0.1, 0.15) is 18.4 Å². The van der Waals surface area contributed by atoms with Crippen LogP contribution in [0.5, 0.6) is 0 Å². The Morgan fingerprint density at radius 1 is 1.33 bits per heavy atom. The molecule has 0 atom stereocenters. The molecule has 2 rings (SSSR count). The molecule has 8 heteroatoms. The van der Waals surface area contributed by atoms with Crippen LogP contribution in [0, 0.1) is 17.2 Å². The van der Waals surface area contributed by atoms with E-state index in [4.69, 9.17) is 16.7 Å². The lowest BCUT2D eigenvalue weighted by Crippen LogP contribution is -2.41. The fraction of sp³-hybridized carbons (Fsp3) is 0.385. The standard InChI is InChI=1S/C13H16N4O3S/c14-8-9-1-2-12(11(15)7-9)21(19,20)17-5-3-10(4-6-17)13(16)18/h1-2,7,10H,3-6,15H2,(H2,16,18). The van der Waals surface area contributed by atoms with E-state index in [9.17, 15) is 13.2 Å². The molecule has 7 nitrogen and oxygen atoms in total. The van der Waals surface area contributed by atoms with Gasteiger partial charge in [-0.1, -0.05) is 0 Å². The van der Waals surface area contributed by atoms with Gasteiger partial charge >= 0.3 is 0 Å². The van der Waals surface area contributed by atoms with Gasteiger partial charge in [0.25, 0.3) is 0 Å². The second-order valence-corrected chi connectivity index (χ2v) is 6.85. The third kappa shape index (κ3) is 2.99. The smallest absolute Gasteiger partial charge is 0.245 e. The normalized spacial score (nSPS) is 17.3. The SMILES string of the molecule is N#Cc1ccc(S(=O)(=O)N2CCC(C(N)=O)CC2)c(N)c1. The van der Waals surface area contributed by atoms with Gasteiger partial charge in [-0.3, -0.25) is 4.79 Å². The summed E-state index contributed by atoms with van der Waals surface area (Å²) >= 11 is 0. The van der Waals surface area contributed by atoms with Crippen molar-refractivity contribution in [1.82, 2.24) is 4.31 Å². The monoisotopic (exact) mass is 308 g/mol. The van der Waals surface area contributed by atoms with Crippen molar-refractivity contribution in [3.8, 4) is 6.07 Å². The van der Waals surface area contributed by atoms with Gasteiger partial charge in [-0.2, -0.15) is 9.57 Å². The molecule has 1 heterocycles. The van der Waals surface area contributed by atoms with Crippen LogP contribution in [-0.4, -0.2) is 31.7 Å². The summed E-state index contributed by atoms with van der Waals surface area (Å²) in [5, 5.41) is 8.78. The average molecular weight is 308 g/mol. The lowest BCUT2D eigenvalue weighted by Gasteiger charge is -2.30. The molecule has 0 unspecified atom stereocenters. The van der Waals surface area contributed by atoms with Crippen molar-refractivity contribution < 1.29 is 13.2 Å². The summed E-state index contributed by atoms with van der Waals surface area (Å²) in [4.78, 5) is 11.1. The number of nitrogens with two attached hydrogens (primary N) is 2. The maximum Gasteiger partial charge on any atom is 0.245 e. The molecular formula is C13H16N4O3S. The van der Waals surface area contributed by atoms with Crippen molar-refractivity contribution in [3.63, 3.8) is 0 Å². The molecule has 1 fully saturated rings. The van der Waals surface area contributed by atoms with Gasteiger partial charge in [-0.15, -0.1) is 0 Å². The molecule has 112 valence electrons. The van der Waals surface area contributed by atoms with Gasteiger partial charge in [0.1, 0.15) is 4.90 Å². The fourth-order valence-corrected chi connectivity index (χ4v) is 3.94. The number of nitrogens with zero attached hydrogens (tertiary/aromatic N) is 2. The van der Waals surface area contributed by atoms with E-state index in [0.717, 1.165) is 0 Å². The number of primary amides is 1. The summed E-state index contributed by atoms with van der Waals surface area (Å²) < 4.78 is 26.4. The first-order valence-electron chi connectivity index (χ1n) is 6.45. The highest BCUT2D eigenvalue weighted by Gasteiger charge is 2.32. The summed E-state index contributed by atoms with van der Waals surface area (Å²) in [7, 11) is -3.72. The summed E-state index contributed by atoms with van der Waals surface area (Å²) in [6.45, 7) is 0.463. The summed E-state index contributed by atoms with van der Waals surface area (Å²) in [5.41, 5.74) is 11.3. The Kier molecular flexibility index (Phi) is 4.16. The molecule has 0 saturated carbocycles. The van der Waals surface area contributed by atoms with E-state index in [1.807, 2.05) is 6.07 Å². The maximum absolute atomic E-state index is 12.5. The number of hydrogen-bond acceptors (Lipinski definition) is 5. The lowest BCUT2D eigenvalue weighted by molar-refractivity contribution is -0.122. The van der Waals surface area contributed by atoms with E-state index in [0.29, 0.717) is 18.4 Å². The first kappa shape index (κ1) is 15.3. The number of carbonyl (C=O) groups is 1. The van der Waals surface area contributed by atoms with Crippen molar-refractivity contribution in [1.29, 1.82) is 5.26 Å². The zero-order valence-corrected chi connectivity index (χ0v) is 12.1. The molecule has 21 heavy (non-hydrogen) atoms. The summed E-state index contributed by atoms with van der Waals surface area (Å²) in [6, 6.07) is 5.99. The Hall–Kier alpha value is -2.11. The van der Waals surface area contributed by atoms with E-state index in [2.05, 4.69) is 0 Å². The van der Waals surface area contributed by atoms with E-state index in [1.54, 1.807) is 0 Å². The highest BCUT2D eigenvalue weighted by atomic mass is 32.2. The fourth-order valence-electron chi connectivity index (χ4n) is 2.37. The van der Waals surface area contributed by atoms with Crippen molar-refractivity contribution in [2.45, 2.75) is 17.7 Å². The van der Waals surface area contributed by atoms with Gasteiger partial charge in [0.05, 0.1) is 17.3 Å². The van der Waals surface area contributed by atoms with Crippen LogP contribution >= 0.6 is 0 Å². The number of nitriles is 1. The van der Waals surface area contributed by atoms with E-state index in [1.165, 1.54) is 22.5 Å². The Labute approximate surface area is 123 Å². The van der Waals surface area contributed by atoms with Crippen LogP contribution < -0.4 is 11.5 Å². The minimum Gasteiger partial charge on any atom is -0.398 e. The Morgan fingerprint density at radius 3 is 2.43 bits per heavy atom. The zero-order valence-electron chi connectivity index (χ0n) is 11.3. The molecular weight excluding hydrogens is 292 g/mol.